The molecule has 4 aliphatic carbocycles. The molecule has 0 atom stereocenters. The Morgan fingerprint density at radius 2 is 1.70 bits per heavy atom. The molecule has 1 aromatic heterocycles. The van der Waals surface area contributed by atoms with E-state index in [0.717, 1.165) is 46.9 Å². The van der Waals surface area contributed by atoms with E-state index in [1.54, 1.807) is 34.9 Å². The molecule has 1 aliphatic heterocycles. The van der Waals surface area contributed by atoms with Gasteiger partial charge in [-0.2, -0.15) is 4.31 Å². The molecule has 8 heteroatoms. The molecule has 4 fully saturated rings. The molecule has 0 radical (unpaired) electrons. The minimum atomic E-state index is -3.44. The van der Waals surface area contributed by atoms with Crippen molar-refractivity contribution in [3.8, 4) is 0 Å². The van der Waals surface area contributed by atoms with Gasteiger partial charge in [-0.05, 0) is 85.8 Å². The Labute approximate surface area is 201 Å². The summed E-state index contributed by atoms with van der Waals surface area (Å²) < 4.78 is 27.7. The van der Waals surface area contributed by atoms with Crippen LogP contribution in [-0.2, 0) is 28.7 Å². The maximum Gasteiger partial charge on any atom is 0.218 e. The summed E-state index contributed by atoms with van der Waals surface area (Å²) in [7, 11) is -3.44. The smallest absolute Gasteiger partial charge is 0.218 e. The van der Waals surface area contributed by atoms with Gasteiger partial charge in [0, 0.05) is 23.7 Å². The second-order valence-corrected chi connectivity index (χ2v) is 13.3. The number of nitrogens with zero attached hydrogens (tertiary/aromatic N) is 3. The van der Waals surface area contributed by atoms with Crippen LogP contribution in [0.15, 0.2) is 30.6 Å². The quantitative estimate of drug-likeness (QED) is 0.643. The Hall–Kier alpha value is -1.70. The molecule has 1 aromatic carbocycles. The largest absolute Gasteiger partial charge is 0.369 e. The van der Waals surface area contributed by atoms with E-state index in [1.807, 2.05) is 0 Å². The Kier molecular flexibility index (Phi) is 5.42. The zero-order valence-corrected chi connectivity index (χ0v) is 20.4. The maximum atomic E-state index is 13.1. The second kappa shape index (κ2) is 8.21. The van der Waals surface area contributed by atoms with Gasteiger partial charge in [0.15, 0.2) is 0 Å². The molecule has 2 heterocycles. The maximum absolute atomic E-state index is 13.1. The number of rotatable bonds is 6. The summed E-state index contributed by atoms with van der Waals surface area (Å²) in [5.41, 5.74) is 3.07. The minimum Gasteiger partial charge on any atom is -0.369 e. The molecule has 0 unspecified atom stereocenters. The summed E-state index contributed by atoms with van der Waals surface area (Å²) in [6.45, 7) is 1.75. The lowest BCUT2D eigenvalue weighted by atomic mass is 9.49. The van der Waals surface area contributed by atoms with Gasteiger partial charge in [-0.1, -0.05) is 23.7 Å². The van der Waals surface area contributed by atoms with Crippen molar-refractivity contribution in [3.63, 3.8) is 0 Å². The van der Waals surface area contributed by atoms with E-state index in [-0.39, 0.29) is 5.75 Å². The third kappa shape index (κ3) is 4.28. The van der Waals surface area contributed by atoms with E-state index in [0.29, 0.717) is 29.9 Å². The van der Waals surface area contributed by atoms with E-state index >= 15 is 0 Å². The zero-order valence-electron chi connectivity index (χ0n) is 18.8. The number of sulfonamides is 1. The van der Waals surface area contributed by atoms with Gasteiger partial charge in [0.2, 0.25) is 10.0 Å². The zero-order chi connectivity index (χ0) is 22.6. The third-order valence-electron chi connectivity index (χ3n) is 8.42. The van der Waals surface area contributed by atoms with Crippen LogP contribution in [0.25, 0.3) is 0 Å². The van der Waals surface area contributed by atoms with Crippen molar-refractivity contribution in [1.82, 2.24) is 14.3 Å². The number of aromatic nitrogens is 2. The van der Waals surface area contributed by atoms with Gasteiger partial charge in [-0.25, -0.2) is 18.4 Å². The standard InChI is InChI=1S/C25H31ClN4O2S/c26-21-3-1-17(2-4-21)14-33(31,32)30-6-5-22-23(13-30)28-16-29-24(22)27-15-25-10-18-7-19(11-25)9-20(8-18)12-25/h1-4,16,18-20H,5-15H2,(H,27,28,29). The second-order valence-electron chi connectivity index (χ2n) is 10.9. The molecule has 1 N–H and O–H groups in total. The van der Waals surface area contributed by atoms with Crippen molar-refractivity contribution in [1.29, 1.82) is 0 Å². The molecular weight excluding hydrogens is 456 g/mol. The Morgan fingerprint density at radius 3 is 2.36 bits per heavy atom. The lowest BCUT2D eigenvalue weighted by molar-refractivity contribution is -0.0444. The Balaban J connectivity index is 1.15. The highest BCUT2D eigenvalue weighted by Crippen LogP contribution is 2.59. The molecule has 33 heavy (non-hydrogen) atoms. The van der Waals surface area contributed by atoms with Crippen LogP contribution in [0.4, 0.5) is 5.82 Å². The highest BCUT2D eigenvalue weighted by molar-refractivity contribution is 7.88. The molecular formula is C25H31ClN4O2S. The van der Waals surface area contributed by atoms with Crippen LogP contribution in [0, 0.1) is 23.2 Å². The summed E-state index contributed by atoms with van der Waals surface area (Å²) in [5, 5.41) is 4.30. The molecule has 4 bridgehead atoms. The van der Waals surface area contributed by atoms with Crippen molar-refractivity contribution in [2.75, 3.05) is 18.4 Å². The summed E-state index contributed by atoms with van der Waals surface area (Å²) in [5.74, 6) is 3.66. The first kappa shape index (κ1) is 21.8. The minimum absolute atomic E-state index is 0.0261. The summed E-state index contributed by atoms with van der Waals surface area (Å²) >= 11 is 5.94. The third-order valence-corrected chi connectivity index (χ3v) is 10.5. The first-order valence-corrected chi connectivity index (χ1v) is 14.2. The van der Waals surface area contributed by atoms with Crippen molar-refractivity contribution in [3.05, 3.63) is 52.4 Å². The topological polar surface area (TPSA) is 75.2 Å². The molecule has 0 saturated heterocycles. The number of hydrogen-bond donors (Lipinski definition) is 1. The molecule has 7 rings (SSSR count). The Bertz CT molecular complexity index is 1120. The van der Waals surface area contributed by atoms with E-state index < -0.39 is 10.0 Å². The van der Waals surface area contributed by atoms with Crippen LogP contribution in [0.3, 0.4) is 0 Å². The molecule has 6 nitrogen and oxygen atoms in total. The molecule has 5 aliphatic rings. The number of halogens is 1. The first-order valence-electron chi connectivity index (χ1n) is 12.2. The van der Waals surface area contributed by atoms with Gasteiger partial charge in [-0.3, -0.25) is 0 Å². The molecule has 176 valence electrons. The number of nitrogens with one attached hydrogen (secondary N) is 1. The predicted octanol–water partition coefficient (Wildman–Crippen LogP) is 4.65. The fourth-order valence-corrected chi connectivity index (χ4v) is 8.99. The van der Waals surface area contributed by atoms with Crippen LogP contribution >= 0.6 is 11.6 Å². The van der Waals surface area contributed by atoms with Crippen LogP contribution in [0.5, 0.6) is 0 Å². The van der Waals surface area contributed by atoms with E-state index in [2.05, 4.69) is 15.3 Å². The molecule has 0 spiro atoms. The van der Waals surface area contributed by atoms with Gasteiger partial charge in [0.1, 0.15) is 12.1 Å². The normalized spacial score (nSPS) is 30.9. The highest BCUT2D eigenvalue weighted by atomic mass is 35.5. The lowest BCUT2D eigenvalue weighted by Gasteiger charge is -2.57. The number of hydrogen-bond acceptors (Lipinski definition) is 5. The predicted molar refractivity (Wildman–Crippen MR) is 129 cm³/mol. The average molecular weight is 487 g/mol. The van der Waals surface area contributed by atoms with Gasteiger partial charge < -0.3 is 5.32 Å². The molecule has 4 saturated carbocycles. The lowest BCUT2D eigenvalue weighted by Crippen LogP contribution is -2.49. The fraction of sp³-hybridized carbons (Fsp3) is 0.600. The average Bonchev–Trinajstić information content (AvgIpc) is 2.78. The summed E-state index contributed by atoms with van der Waals surface area (Å²) in [4.78, 5) is 9.03. The SMILES string of the molecule is O=S(=O)(Cc1ccc(Cl)cc1)N1CCc2c(ncnc2NCC23CC4CC(CC(C4)C2)C3)C1. The number of fused-ring (bicyclic) bond motifs is 1. The van der Waals surface area contributed by atoms with Crippen LogP contribution in [0.2, 0.25) is 5.02 Å². The first-order chi connectivity index (χ1) is 15.9. The number of anilines is 1. The van der Waals surface area contributed by atoms with Crippen molar-refractivity contribution < 1.29 is 8.42 Å². The van der Waals surface area contributed by atoms with Crippen molar-refractivity contribution in [2.45, 2.75) is 57.2 Å². The number of benzene rings is 1. The van der Waals surface area contributed by atoms with Gasteiger partial charge in [0.25, 0.3) is 0 Å². The summed E-state index contributed by atoms with van der Waals surface area (Å²) in [6.07, 6.45) is 10.6. The van der Waals surface area contributed by atoms with E-state index in [4.69, 9.17) is 11.6 Å². The van der Waals surface area contributed by atoms with E-state index in [1.165, 1.54) is 38.5 Å². The Morgan fingerprint density at radius 1 is 1.03 bits per heavy atom. The van der Waals surface area contributed by atoms with Gasteiger partial charge in [0.05, 0.1) is 18.0 Å². The van der Waals surface area contributed by atoms with E-state index in [9.17, 15) is 8.42 Å². The summed E-state index contributed by atoms with van der Waals surface area (Å²) in [6, 6.07) is 7.00. The van der Waals surface area contributed by atoms with Gasteiger partial charge >= 0.3 is 0 Å². The fourth-order valence-electron chi connectivity index (χ4n) is 7.38. The van der Waals surface area contributed by atoms with Crippen LogP contribution < -0.4 is 5.32 Å². The van der Waals surface area contributed by atoms with Crippen molar-refractivity contribution >= 4 is 27.4 Å². The van der Waals surface area contributed by atoms with Crippen LogP contribution in [0.1, 0.15) is 55.3 Å². The monoisotopic (exact) mass is 486 g/mol. The van der Waals surface area contributed by atoms with Gasteiger partial charge in [-0.15, -0.1) is 0 Å². The van der Waals surface area contributed by atoms with Crippen molar-refractivity contribution in [2.24, 2.45) is 23.2 Å². The molecule has 2 aromatic rings. The highest BCUT2D eigenvalue weighted by Gasteiger charge is 2.50. The van der Waals surface area contributed by atoms with Crippen LogP contribution in [-0.4, -0.2) is 35.8 Å². The molecule has 0 amide bonds.